The molecule has 0 radical (unpaired) electrons. The molecule has 0 atom stereocenters. The Bertz CT molecular complexity index is 491. The minimum absolute atomic E-state index is 0.0460. The van der Waals surface area contributed by atoms with Crippen molar-refractivity contribution in [2.45, 2.75) is 26.2 Å². The number of carbonyl (C=O) groups is 1. The Morgan fingerprint density at radius 3 is 2.73 bits per heavy atom. The zero-order chi connectivity index (χ0) is 16.0. The van der Waals surface area contributed by atoms with Crippen LogP contribution in [0.1, 0.15) is 26.3 Å². The van der Waals surface area contributed by atoms with E-state index in [0.29, 0.717) is 39.5 Å². The summed E-state index contributed by atoms with van der Waals surface area (Å²) in [6.07, 6.45) is 0. The van der Waals surface area contributed by atoms with E-state index < -0.39 is 0 Å². The third-order valence-electron chi connectivity index (χ3n) is 3.65. The van der Waals surface area contributed by atoms with Crippen molar-refractivity contribution in [1.29, 1.82) is 0 Å². The molecule has 0 saturated carbocycles. The molecule has 1 N–H and O–H groups in total. The van der Waals surface area contributed by atoms with Gasteiger partial charge in [-0.15, -0.1) is 0 Å². The molecule has 2 amide bonds. The number of urea groups is 1. The molecule has 1 fully saturated rings. The lowest BCUT2D eigenvalue weighted by Crippen LogP contribution is -2.47. The van der Waals surface area contributed by atoms with Gasteiger partial charge in [-0.25, -0.2) is 4.79 Å². The van der Waals surface area contributed by atoms with E-state index in [4.69, 9.17) is 9.47 Å². The minimum atomic E-state index is -0.0460. The number of hydrogen-bond donors (Lipinski definition) is 1. The van der Waals surface area contributed by atoms with Gasteiger partial charge in [-0.1, -0.05) is 32.9 Å². The number of morpholine rings is 1. The van der Waals surface area contributed by atoms with Crippen molar-refractivity contribution < 1.29 is 14.3 Å². The molecule has 1 saturated heterocycles. The van der Waals surface area contributed by atoms with E-state index in [9.17, 15) is 4.79 Å². The Hall–Kier alpha value is -1.75. The van der Waals surface area contributed by atoms with Crippen LogP contribution in [0, 0.1) is 0 Å². The molecule has 1 heterocycles. The van der Waals surface area contributed by atoms with Crippen LogP contribution >= 0.6 is 0 Å². The second kappa shape index (κ2) is 7.49. The Morgan fingerprint density at radius 1 is 1.32 bits per heavy atom. The molecule has 0 bridgehead atoms. The monoisotopic (exact) mass is 306 g/mol. The molecule has 1 aromatic carbocycles. The summed E-state index contributed by atoms with van der Waals surface area (Å²) >= 11 is 0. The highest BCUT2D eigenvalue weighted by Gasteiger charge is 2.16. The van der Waals surface area contributed by atoms with Gasteiger partial charge in [0.25, 0.3) is 0 Å². The molecule has 1 aliphatic rings. The van der Waals surface area contributed by atoms with E-state index in [1.165, 1.54) is 5.56 Å². The lowest BCUT2D eigenvalue weighted by Gasteiger charge is -2.26. The summed E-state index contributed by atoms with van der Waals surface area (Å²) in [5.74, 6) is 0.841. The van der Waals surface area contributed by atoms with E-state index in [2.05, 4.69) is 38.2 Å². The summed E-state index contributed by atoms with van der Waals surface area (Å²) in [5.41, 5.74) is 1.34. The third-order valence-corrected chi connectivity index (χ3v) is 3.65. The molecule has 122 valence electrons. The normalized spacial score (nSPS) is 15.5. The van der Waals surface area contributed by atoms with Crippen LogP contribution in [0.25, 0.3) is 0 Å². The second-order valence-corrected chi connectivity index (χ2v) is 6.46. The van der Waals surface area contributed by atoms with E-state index >= 15 is 0 Å². The summed E-state index contributed by atoms with van der Waals surface area (Å²) in [4.78, 5) is 13.7. The van der Waals surface area contributed by atoms with Gasteiger partial charge in [0.1, 0.15) is 12.4 Å². The molecule has 0 aromatic heterocycles. The van der Waals surface area contributed by atoms with Gasteiger partial charge in [-0.05, 0) is 23.1 Å². The van der Waals surface area contributed by atoms with Crippen LogP contribution in [0.5, 0.6) is 5.75 Å². The number of carbonyl (C=O) groups excluding carboxylic acids is 1. The van der Waals surface area contributed by atoms with Crippen molar-refractivity contribution in [3.63, 3.8) is 0 Å². The number of benzene rings is 1. The summed E-state index contributed by atoms with van der Waals surface area (Å²) in [7, 11) is 0. The van der Waals surface area contributed by atoms with Crippen LogP contribution in [0.4, 0.5) is 4.79 Å². The predicted octanol–water partition coefficient (Wildman–Crippen LogP) is 2.40. The molecule has 0 aliphatic carbocycles. The first-order chi connectivity index (χ1) is 10.5. The Kier molecular flexibility index (Phi) is 5.66. The number of rotatable bonds is 4. The van der Waals surface area contributed by atoms with Crippen molar-refractivity contribution in [3.05, 3.63) is 29.8 Å². The van der Waals surface area contributed by atoms with Crippen molar-refractivity contribution in [2.24, 2.45) is 0 Å². The largest absolute Gasteiger partial charge is 0.492 e. The highest BCUT2D eigenvalue weighted by atomic mass is 16.5. The molecule has 1 aliphatic heterocycles. The average molecular weight is 306 g/mol. The van der Waals surface area contributed by atoms with Gasteiger partial charge in [0.2, 0.25) is 0 Å². The number of hydrogen-bond acceptors (Lipinski definition) is 3. The number of nitrogens with zero attached hydrogens (tertiary/aromatic N) is 1. The summed E-state index contributed by atoms with van der Waals surface area (Å²) in [5, 5.41) is 2.87. The molecule has 5 nitrogen and oxygen atoms in total. The zero-order valence-electron chi connectivity index (χ0n) is 13.7. The van der Waals surface area contributed by atoms with Gasteiger partial charge in [-0.3, -0.25) is 0 Å². The summed E-state index contributed by atoms with van der Waals surface area (Å²) in [6, 6.07) is 8.06. The Labute approximate surface area is 132 Å². The smallest absolute Gasteiger partial charge is 0.317 e. The van der Waals surface area contributed by atoms with E-state index in [1.807, 2.05) is 12.1 Å². The minimum Gasteiger partial charge on any atom is -0.492 e. The highest BCUT2D eigenvalue weighted by molar-refractivity contribution is 5.74. The lowest BCUT2D eigenvalue weighted by molar-refractivity contribution is 0.0530. The molecule has 0 spiro atoms. The van der Waals surface area contributed by atoms with Crippen molar-refractivity contribution in [3.8, 4) is 5.75 Å². The summed E-state index contributed by atoms with van der Waals surface area (Å²) in [6.45, 7) is 10.0. The Morgan fingerprint density at radius 2 is 2.05 bits per heavy atom. The zero-order valence-corrected chi connectivity index (χ0v) is 13.7. The third kappa shape index (κ3) is 4.91. The maximum absolute atomic E-state index is 11.9. The van der Waals surface area contributed by atoms with Gasteiger partial charge >= 0.3 is 6.03 Å². The summed E-state index contributed by atoms with van der Waals surface area (Å²) < 4.78 is 10.9. The molecular formula is C17H26N2O3. The quantitative estimate of drug-likeness (QED) is 0.869. The molecule has 5 heteroatoms. The van der Waals surface area contributed by atoms with Crippen molar-refractivity contribution in [1.82, 2.24) is 10.2 Å². The fourth-order valence-electron chi connectivity index (χ4n) is 2.26. The van der Waals surface area contributed by atoms with Gasteiger partial charge in [-0.2, -0.15) is 0 Å². The first kappa shape index (κ1) is 16.6. The van der Waals surface area contributed by atoms with E-state index in [1.54, 1.807) is 4.90 Å². The van der Waals surface area contributed by atoms with Crippen molar-refractivity contribution >= 4 is 6.03 Å². The molecule has 2 rings (SSSR count). The molecule has 0 unspecified atom stereocenters. The van der Waals surface area contributed by atoms with Gasteiger partial charge in [0.05, 0.1) is 19.8 Å². The van der Waals surface area contributed by atoms with Gasteiger partial charge < -0.3 is 19.7 Å². The average Bonchev–Trinajstić information content (AvgIpc) is 2.52. The standard InChI is InChI=1S/C17H26N2O3/c1-17(2,3)14-5-4-6-15(13-14)22-10-7-18-16(20)19-8-11-21-12-9-19/h4-6,13H,7-12H2,1-3H3,(H,18,20). The van der Waals surface area contributed by atoms with Gasteiger partial charge in [0.15, 0.2) is 0 Å². The topological polar surface area (TPSA) is 50.8 Å². The van der Waals surface area contributed by atoms with Crippen LogP contribution in [-0.4, -0.2) is 50.4 Å². The lowest BCUT2D eigenvalue weighted by atomic mass is 9.87. The first-order valence-corrected chi connectivity index (χ1v) is 7.81. The fraction of sp³-hybridized carbons (Fsp3) is 0.588. The SMILES string of the molecule is CC(C)(C)c1cccc(OCCNC(=O)N2CCOCC2)c1. The van der Waals surface area contributed by atoms with Gasteiger partial charge in [0, 0.05) is 13.1 Å². The van der Waals surface area contributed by atoms with E-state index in [0.717, 1.165) is 5.75 Å². The second-order valence-electron chi connectivity index (χ2n) is 6.46. The van der Waals surface area contributed by atoms with E-state index in [-0.39, 0.29) is 11.4 Å². The fourth-order valence-corrected chi connectivity index (χ4v) is 2.26. The highest BCUT2D eigenvalue weighted by Crippen LogP contribution is 2.25. The van der Waals surface area contributed by atoms with Crippen LogP contribution < -0.4 is 10.1 Å². The molecular weight excluding hydrogens is 280 g/mol. The first-order valence-electron chi connectivity index (χ1n) is 7.81. The maximum atomic E-state index is 11.9. The molecule has 1 aromatic rings. The number of nitrogens with one attached hydrogen (secondary N) is 1. The van der Waals surface area contributed by atoms with Crippen molar-refractivity contribution in [2.75, 3.05) is 39.5 Å². The number of ether oxygens (including phenoxy) is 2. The maximum Gasteiger partial charge on any atom is 0.317 e. The predicted molar refractivity (Wildman–Crippen MR) is 86.4 cm³/mol. The van der Waals surface area contributed by atoms with Crippen LogP contribution in [0.2, 0.25) is 0 Å². The molecule has 22 heavy (non-hydrogen) atoms. The van der Waals surface area contributed by atoms with Crippen LogP contribution in [0.3, 0.4) is 0 Å². The Balaban J connectivity index is 1.73. The number of amides is 2. The van der Waals surface area contributed by atoms with Crippen LogP contribution in [-0.2, 0) is 10.2 Å². The van der Waals surface area contributed by atoms with Crippen LogP contribution in [0.15, 0.2) is 24.3 Å².